The number of aldehydes is 1. The minimum atomic E-state index is -4.66. The van der Waals surface area contributed by atoms with Crippen molar-refractivity contribution in [1.29, 1.82) is 0 Å². The van der Waals surface area contributed by atoms with Crippen LogP contribution in [0.5, 0.6) is 0 Å². The first-order valence-electron chi connectivity index (χ1n) is 9.31. The van der Waals surface area contributed by atoms with Gasteiger partial charge in [-0.2, -0.15) is 13.2 Å². The van der Waals surface area contributed by atoms with Gasteiger partial charge in [-0.15, -0.1) is 0 Å². The highest BCUT2D eigenvalue weighted by molar-refractivity contribution is 7.78. The Morgan fingerprint density at radius 1 is 1.36 bits per heavy atom. The van der Waals surface area contributed by atoms with Crippen LogP contribution in [-0.2, 0) is 9.59 Å². The van der Waals surface area contributed by atoms with Gasteiger partial charge in [-0.3, -0.25) is 9.59 Å². The molecule has 160 valence electrons. The van der Waals surface area contributed by atoms with E-state index in [0.717, 1.165) is 13.1 Å². The average molecular weight is 422 g/mol. The van der Waals surface area contributed by atoms with Crippen molar-refractivity contribution in [1.82, 2.24) is 14.5 Å². The molecule has 1 aliphatic rings. The molecule has 0 aromatic carbocycles. The van der Waals surface area contributed by atoms with Gasteiger partial charge in [-0.25, -0.2) is 0 Å². The number of hydrogen-bond donors (Lipinski definition) is 2. The maximum atomic E-state index is 13.5. The maximum Gasteiger partial charge on any atom is 0.416 e. The Labute approximate surface area is 170 Å². The summed E-state index contributed by atoms with van der Waals surface area (Å²) in [6.07, 6.45) is -2.04. The summed E-state index contributed by atoms with van der Waals surface area (Å²) in [5, 5.41) is 0. The van der Waals surface area contributed by atoms with Crippen molar-refractivity contribution in [3.8, 4) is 0 Å². The number of halogens is 3. The molecular formula is C19H30F3N3O2S. The highest BCUT2D eigenvalue weighted by atomic mass is 32.1. The van der Waals surface area contributed by atoms with Gasteiger partial charge in [0.2, 0.25) is 0 Å². The normalized spacial score (nSPS) is 18.0. The number of nitrogens with one attached hydrogen (secondary N) is 1. The molecule has 0 spiro atoms. The molecular weight excluding hydrogens is 391 g/mol. The molecule has 1 amide bonds. The molecule has 0 saturated carbocycles. The average Bonchev–Trinajstić information content (AvgIpc) is 2.57. The van der Waals surface area contributed by atoms with Crippen molar-refractivity contribution >= 4 is 25.0 Å². The lowest BCUT2D eigenvalue weighted by Crippen LogP contribution is -2.45. The Kier molecular flexibility index (Phi) is 9.56. The summed E-state index contributed by atoms with van der Waals surface area (Å²) in [6.45, 7) is 8.09. The first kappa shape index (κ1) is 24.6. The van der Waals surface area contributed by atoms with Crippen LogP contribution in [0.4, 0.5) is 13.2 Å². The van der Waals surface area contributed by atoms with E-state index >= 15 is 0 Å². The SMILES string of the molecule is CC(C)CC(C(=O)NS)N(C)/C=C(CCN1CC(C)C1)\C(=C/C=O)C(F)(F)F. The third-order valence-electron chi connectivity index (χ3n) is 4.68. The smallest absolute Gasteiger partial charge is 0.368 e. The number of thiol groups is 1. The van der Waals surface area contributed by atoms with Gasteiger partial charge >= 0.3 is 6.18 Å². The molecule has 1 aliphatic heterocycles. The van der Waals surface area contributed by atoms with Crippen LogP contribution in [0.15, 0.2) is 23.4 Å². The van der Waals surface area contributed by atoms with Gasteiger partial charge in [-0.05, 0) is 36.3 Å². The predicted molar refractivity (Wildman–Crippen MR) is 107 cm³/mol. The molecule has 1 fully saturated rings. The standard InChI is InChI=1S/C19H30F3N3O2S/c1-13(2)9-17(18(27)23-28)24(4)12-15(5-7-25-10-14(3)11-25)16(6-8-26)19(20,21)22/h6,8,12-14,17,28H,5,7,9-11H2,1-4H3,(H,23,27)/b15-12-,16-6+. The number of nitrogens with zero attached hydrogens (tertiary/aromatic N) is 2. The van der Waals surface area contributed by atoms with Crippen LogP contribution >= 0.6 is 12.8 Å². The van der Waals surface area contributed by atoms with Gasteiger partial charge in [-0.1, -0.05) is 33.6 Å². The van der Waals surface area contributed by atoms with E-state index in [-0.39, 0.29) is 30.1 Å². The third-order valence-corrected chi connectivity index (χ3v) is 4.90. The van der Waals surface area contributed by atoms with Gasteiger partial charge in [0.05, 0.1) is 5.57 Å². The van der Waals surface area contributed by atoms with Gasteiger partial charge in [0.25, 0.3) is 5.91 Å². The minimum absolute atomic E-state index is 0.0117. The molecule has 1 heterocycles. The first-order valence-corrected chi connectivity index (χ1v) is 9.76. The molecule has 28 heavy (non-hydrogen) atoms. The number of alkyl halides is 3. The number of likely N-dealkylation sites (N-methyl/N-ethyl adjacent to an activating group) is 1. The largest absolute Gasteiger partial charge is 0.416 e. The van der Waals surface area contributed by atoms with Crippen LogP contribution in [0, 0.1) is 11.8 Å². The lowest BCUT2D eigenvalue weighted by molar-refractivity contribution is -0.123. The number of carbonyl (C=O) groups excluding carboxylic acids is 2. The minimum Gasteiger partial charge on any atom is -0.368 e. The van der Waals surface area contributed by atoms with E-state index in [2.05, 4.69) is 29.4 Å². The molecule has 0 aromatic rings. The van der Waals surface area contributed by atoms with Crippen molar-refractivity contribution in [3.05, 3.63) is 23.4 Å². The van der Waals surface area contributed by atoms with Crippen molar-refractivity contribution in [2.75, 3.05) is 26.7 Å². The molecule has 1 atom stereocenters. The molecule has 1 rings (SSSR count). The van der Waals surface area contributed by atoms with Crippen LogP contribution in [0.2, 0.25) is 0 Å². The zero-order valence-corrected chi connectivity index (χ0v) is 17.7. The molecule has 0 radical (unpaired) electrons. The molecule has 9 heteroatoms. The van der Waals surface area contributed by atoms with Crippen LogP contribution in [0.1, 0.15) is 33.6 Å². The molecule has 1 unspecified atom stereocenters. The van der Waals surface area contributed by atoms with Crippen molar-refractivity contribution < 1.29 is 22.8 Å². The van der Waals surface area contributed by atoms with Crippen LogP contribution in [0.3, 0.4) is 0 Å². The van der Waals surface area contributed by atoms with Gasteiger partial charge in [0.1, 0.15) is 12.3 Å². The van der Waals surface area contributed by atoms with E-state index < -0.39 is 17.8 Å². The van der Waals surface area contributed by atoms with E-state index in [9.17, 15) is 22.8 Å². The number of rotatable bonds is 10. The number of hydrogen-bond acceptors (Lipinski definition) is 5. The summed E-state index contributed by atoms with van der Waals surface area (Å²) < 4.78 is 42.9. The third kappa shape index (κ3) is 7.50. The van der Waals surface area contributed by atoms with E-state index in [1.807, 2.05) is 13.8 Å². The molecule has 0 aliphatic carbocycles. The predicted octanol–water partition coefficient (Wildman–Crippen LogP) is 3.21. The Hall–Kier alpha value is -1.48. The summed E-state index contributed by atoms with van der Waals surface area (Å²) in [6, 6.07) is -0.665. The Morgan fingerprint density at radius 2 is 1.96 bits per heavy atom. The quantitative estimate of drug-likeness (QED) is 0.246. The fraction of sp³-hybridized carbons (Fsp3) is 0.684. The topological polar surface area (TPSA) is 52.7 Å². The number of likely N-dealkylation sites (tertiary alicyclic amines) is 1. The van der Waals surface area contributed by atoms with Gasteiger partial charge in [0, 0.05) is 32.9 Å². The molecule has 0 aromatic heterocycles. The Morgan fingerprint density at radius 3 is 2.39 bits per heavy atom. The highest BCUT2D eigenvalue weighted by Crippen LogP contribution is 2.33. The van der Waals surface area contributed by atoms with E-state index in [1.54, 1.807) is 7.05 Å². The Bertz CT molecular complexity index is 600. The summed E-state index contributed by atoms with van der Waals surface area (Å²) in [7, 11) is 1.57. The van der Waals surface area contributed by atoms with E-state index in [4.69, 9.17) is 0 Å². The van der Waals surface area contributed by atoms with Gasteiger partial charge in [0.15, 0.2) is 0 Å². The lowest BCUT2D eigenvalue weighted by Gasteiger charge is -2.37. The van der Waals surface area contributed by atoms with Crippen molar-refractivity contribution in [2.45, 2.75) is 45.8 Å². The number of carbonyl (C=O) groups is 2. The monoisotopic (exact) mass is 421 g/mol. The second kappa shape index (κ2) is 10.9. The number of allylic oxidation sites excluding steroid dienone is 2. The van der Waals surface area contributed by atoms with Crippen LogP contribution in [0.25, 0.3) is 0 Å². The second-order valence-corrected chi connectivity index (χ2v) is 7.99. The molecule has 1 N–H and O–H groups in total. The first-order chi connectivity index (χ1) is 13.0. The van der Waals surface area contributed by atoms with Crippen LogP contribution < -0.4 is 4.72 Å². The summed E-state index contributed by atoms with van der Waals surface area (Å²) in [5.41, 5.74) is -0.986. The summed E-state index contributed by atoms with van der Waals surface area (Å²) >= 11 is 3.79. The fourth-order valence-corrected chi connectivity index (χ4v) is 3.47. The summed E-state index contributed by atoms with van der Waals surface area (Å²) in [5.74, 6) is 0.307. The maximum absolute atomic E-state index is 13.5. The second-order valence-electron chi connectivity index (χ2n) is 7.77. The molecule has 0 bridgehead atoms. The lowest BCUT2D eigenvalue weighted by atomic mass is 9.98. The van der Waals surface area contributed by atoms with Crippen molar-refractivity contribution in [3.63, 3.8) is 0 Å². The zero-order chi connectivity index (χ0) is 21.5. The molecule has 5 nitrogen and oxygen atoms in total. The van der Waals surface area contributed by atoms with Crippen molar-refractivity contribution in [2.24, 2.45) is 11.8 Å². The zero-order valence-electron chi connectivity index (χ0n) is 16.8. The Balaban J connectivity index is 3.16. The molecule has 1 saturated heterocycles. The van der Waals surface area contributed by atoms with E-state index in [0.29, 0.717) is 25.0 Å². The summed E-state index contributed by atoms with van der Waals surface area (Å²) in [4.78, 5) is 26.5. The van der Waals surface area contributed by atoms with Gasteiger partial charge < -0.3 is 14.5 Å². The fourth-order valence-electron chi connectivity index (χ4n) is 3.32. The number of amides is 1. The van der Waals surface area contributed by atoms with E-state index in [1.165, 1.54) is 11.1 Å². The highest BCUT2D eigenvalue weighted by Gasteiger charge is 2.36. The van der Waals surface area contributed by atoms with Crippen LogP contribution in [-0.4, -0.2) is 60.9 Å².